The van der Waals surface area contributed by atoms with Crippen molar-refractivity contribution < 1.29 is 47.8 Å². The number of esters is 2. The van der Waals surface area contributed by atoms with Crippen LogP contribution in [0.4, 0.5) is 0 Å². The molecule has 10 nitrogen and oxygen atoms in total. The van der Waals surface area contributed by atoms with Crippen molar-refractivity contribution in [1.29, 1.82) is 0 Å². The average molecular weight is 829 g/mol. The Morgan fingerprint density at radius 2 is 0.912 bits per heavy atom. The fourth-order valence-corrected chi connectivity index (χ4v) is 6.98. The second kappa shape index (κ2) is 42.3. The molecule has 0 aliphatic carbocycles. The van der Waals surface area contributed by atoms with Gasteiger partial charge in [-0.2, -0.15) is 0 Å². The summed E-state index contributed by atoms with van der Waals surface area (Å²) in [6, 6.07) is 0. The van der Waals surface area contributed by atoms with Gasteiger partial charge in [-0.15, -0.1) is 0 Å². The van der Waals surface area contributed by atoms with E-state index < -0.39 is 51.8 Å². The smallest absolute Gasteiger partial charge is 0.462 e. The summed E-state index contributed by atoms with van der Waals surface area (Å²) in [5.41, 5.74) is 0. The van der Waals surface area contributed by atoms with Gasteiger partial charge in [0.2, 0.25) is 0 Å². The lowest BCUT2D eigenvalue weighted by Crippen LogP contribution is -2.29. The van der Waals surface area contributed by atoms with E-state index in [4.69, 9.17) is 23.6 Å². The van der Waals surface area contributed by atoms with E-state index in [0.29, 0.717) is 12.8 Å². The van der Waals surface area contributed by atoms with Crippen molar-refractivity contribution in [1.82, 2.24) is 0 Å². The Morgan fingerprint density at radius 3 is 1.40 bits per heavy atom. The van der Waals surface area contributed by atoms with Gasteiger partial charge in [-0.3, -0.25) is 18.6 Å². The lowest BCUT2D eigenvalue weighted by molar-refractivity contribution is -0.161. The second-order valence-corrected chi connectivity index (χ2v) is 16.9. The zero-order valence-corrected chi connectivity index (χ0v) is 37.2. The first-order valence-corrected chi connectivity index (χ1v) is 24.4. The fourth-order valence-electron chi connectivity index (χ4n) is 6.19. The molecule has 57 heavy (non-hydrogen) atoms. The Labute approximate surface area is 348 Å². The van der Waals surface area contributed by atoms with Crippen molar-refractivity contribution in [3.05, 3.63) is 36.5 Å². The molecule has 0 spiro atoms. The van der Waals surface area contributed by atoms with Gasteiger partial charge in [0.25, 0.3) is 0 Å². The van der Waals surface area contributed by atoms with E-state index >= 15 is 0 Å². The maximum absolute atomic E-state index is 12.6. The molecule has 0 aliphatic rings. The molecule has 0 rings (SSSR count). The minimum atomic E-state index is -4.62. The summed E-state index contributed by atoms with van der Waals surface area (Å²) in [7, 11) is -4.62. The number of carbonyl (C=O) groups is 2. The van der Waals surface area contributed by atoms with Gasteiger partial charge in [-0.05, 0) is 70.6 Å². The molecule has 3 N–H and O–H groups in total. The molecule has 0 aromatic carbocycles. The Hall–Kier alpha value is -1.81. The molecule has 3 atom stereocenters. The number of carbonyl (C=O) groups excluding carboxylic acids is 2. The summed E-state index contributed by atoms with van der Waals surface area (Å²) in [5.74, 6) is -0.942. The van der Waals surface area contributed by atoms with Crippen molar-refractivity contribution in [3.8, 4) is 0 Å². The number of hydrogen-bond donors (Lipinski definition) is 3. The molecular weight excluding hydrogens is 743 g/mol. The molecule has 0 bridgehead atoms. The highest BCUT2D eigenvalue weighted by molar-refractivity contribution is 7.47. The highest BCUT2D eigenvalue weighted by atomic mass is 31.2. The number of allylic oxidation sites excluding steroid dienone is 6. The molecule has 0 aliphatic heterocycles. The molecule has 1 unspecified atom stereocenters. The van der Waals surface area contributed by atoms with Crippen molar-refractivity contribution >= 4 is 19.8 Å². The summed E-state index contributed by atoms with van der Waals surface area (Å²) in [6.45, 7) is 2.35. The van der Waals surface area contributed by atoms with E-state index in [9.17, 15) is 24.2 Å². The molecule has 0 aromatic heterocycles. The zero-order chi connectivity index (χ0) is 41.9. The maximum Gasteiger partial charge on any atom is 0.472 e. The number of phosphoric acid groups is 1. The van der Waals surface area contributed by atoms with Gasteiger partial charge < -0.3 is 24.6 Å². The van der Waals surface area contributed by atoms with Crippen molar-refractivity contribution in [3.63, 3.8) is 0 Å². The lowest BCUT2D eigenvalue weighted by atomic mass is 10.1. The predicted molar refractivity (Wildman–Crippen MR) is 233 cm³/mol. The SMILES string of the molecule is CCCCC/C=C\C/C=C\CCCCCCCC(=O)OC[C@H](COP(=O)(O)OC[C@@H](O)CO)OC(=O)CCCCCCCCC/C=C\CCCCCCCCCC. The van der Waals surface area contributed by atoms with E-state index in [1.165, 1.54) is 96.3 Å². The van der Waals surface area contributed by atoms with Gasteiger partial charge in [0.15, 0.2) is 6.10 Å². The topological polar surface area (TPSA) is 149 Å². The quantitative estimate of drug-likeness (QED) is 0.0235. The third-order valence-corrected chi connectivity index (χ3v) is 10.7. The minimum absolute atomic E-state index is 0.177. The summed E-state index contributed by atoms with van der Waals surface area (Å²) in [5, 5.41) is 18.3. The third-order valence-electron chi connectivity index (χ3n) is 9.77. The van der Waals surface area contributed by atoms with Crippen LogP contribution in [0.3, 0.4) is 0 Å². The summed E-state index contributed by atoms with van der Waals surface area (Å²) in [4.78, 5) is 35.0. The van der Waals surface area contributed by atoms with E-state index in [1.807, 2.05) is 0 Å². The molecule has 0 heterocycles. The van der Waals surface area contributed by atoms with Crippen LogP contribution in [0.2, 0.25) is 0 Å². The third kappa shape index (κ3) is 42.1. The van der Waals surface area contributed by atoms with Gasteiger partial charge in [-0.1, -0.05) is 159 Å². The van der Waals surface area contributed by atoms with Crippen LogP contribution in [0.5, 0.6) is 0 Å². The molecule has 0 radical (unpaired) electrons. The summed E-state index contributed by atoms with van der Waals surface area (Å²) < 4.78 is 32.7. The molecule has 0 saturated heterocycles. The van der Waals surface area contributed by atoms with Gasteiger partial charge in [-0.25, -0.2) is 4.57 Å². The number of hydrogen-bond acceptors (Lipinski definition) is 9. The van der Waals surface area contributed by atoms with Crippen LogP contribution in [0.15, 0.2) is 36.5 Å². The monoisotopic (exact) mass is 829 g/mol. The van der Waals surface area contributed by atoms with Crippen LogP contribution in [0.25, 0.3) is 0 Å². The lowest BCUT2D eigenvalue weighted by Gasteiger charge is -2.20. The number of aliphatic hydroxyl groups is 2. The normalized spacial score (nSPS) is 14.1. The highest BCUT2D eigenvalue weighted by Crippen LogP contribution is 2.43. The maximum atomic E-state index is 12.6. The van der Waals surface area contributed by atoms with Gasteiger partial charge in [0.1, 0.15) is 12.7 Å². The van der Waals surface area contributed by atoms with E-state index in [1.54, 1.807) is 0 Å². The van der Waals surface area contributed by atoms with Gasteiger partial charge >= 0.3 is 19.8 Å². The number of rotatable bonds is 43. The number of ether oxygens (including phenoxy) is 2. The van der Waals surface area contributed by atoms with E-state index in [2.05, 4.69) is 50.3 Å². The van der Waals surface area contributed by atoms with Crippen molar-refractivity contribution in [2.45, 2.75) is 219 Å². The fraction of sp³-hybridized carbons (Fsp3) is 0.826. The number of unbranched alkanes of at least 4 members (excludes halogenated alkanes) is 23. The minimum Gasteiger partial charge on any atom is -0.462 e. The van der Waals surface area contributed by atoms with Crippen LogP contribution in [-0.2, 0) is 32.7 Å². The van der Waals surface area contributed by atoms with Crippen molar-refractivity contribution in [2.24, 2.45) is 0 Å². The van der Waals surface area contributed by atoms with E-state index in [-0.39, 0.29) is 19.4 Å². The molecular formula is C46H85O10P. The Morgan fingerprint density at radius 1 is 0.526 bits per heavy atom. The Kier molecular flexibility index (Phi) is 41.0. The molecule has 0 aromatic rings. The van der Waals surface area contributed by atoms with Crippen molar-refractivity contribution in [2.75, 3.05) is 26.4 Å². The number of phosphoric ester groups is 1. The Bertz CT molecular complexity index is 1050. The highest BCUT2D eigenvalue weighted by Gasteiger charge is 2.27. The second-order valence-electron chi connectivity index (χ2n) is 15.4. The number of aliphatic hydroxyl groups excluding tert-OH is 2. The van der Waals surface area contributed by atoms with E-state index in [0.717, 1.165) is 70.6 Å². The van der Waals surface area contributed by atoms with Crippen LogP contribution < -0.4 is 0 Å². The van der Waals surface area contributed by atoms with Crippen LogP contribution >= 0.6 is 7.82 Å². The van der Waals surface area contributed by atoms with Crippen LogP contribution in [-0.4, -0.2) is 65.7 Å². The molecule has 0 amide bonds. The van der Waals surface area contributed by atoms with Gasteiger partial charge in [0, 0.05) is 12.8 Å². The van der Waals surface area contributed by atoms with Crippen LogP contribution in [0, 0.1) is 0 Å². The first kappa shape index (κ1) is 55.2. The predicted octanol–water partition coefficient (Wildman–Crippen LogP) is 12.3. The Balaban J connectivity index is 4.27. The summed E-state index contributed by atoms with van der Waals surface area (Å²) in [6.07, 6.45) is 43.9. The molecule has 0 fully saturated rings. The molecule has 0 saturated carbocycles. The molecule has 11 heteroatoms. The first-order valence-electron chi connectivity index (χ1n) is 22.9. The zero-order valence-electron chi connectivity index (χ0n) is 36.3. The molecule has 334 valence electrons. The summed E-state index contributed by atoms with van der Waals surface area (Å²) >= 11 is 0. The standard InChI is InChI=1S/C46H85O10P/c1-3-5-7-9-11-13-15-17-19-20-21-22-24-26-28-30-32-34-36-38-46(50)56-44(42-55-57(51,52)54-40-43(48)39-47)41-53-45(49)37-35-33-31-29-27-25-23-18-16-14-12-10-8-6-4-2/h12,14,18,20-21,23,43-44,47-48H,3-11,13,15-17,19,22,24-42H2,1-2H3,(H,51,52)/b14-12-,21-20-,23-18-/t43-,44+/m0/s1. The average Bonchev–Trinajstić information content (AvgIpc) is 3.20. The largest absolute Gasteiger partial charge is 0.472 e. The van der Waals surface area contributed by atoms with Gasteiger partial charge in [0.05, 0.1) is 19.8 Å². The first-order chi connectivity index (χ1) is 27.7. The van der Waals surface area contributed by atoms with Crippen LogP contribution in [0.1, 0.15) is 206 Å².